The van der Waals surface area contributed by atoms with Crippen LogP contribution in [-0.4, -0.2) is 115 Å². The number of piperidine rings is 1. The summed E-state index contributed by atoms with van der Waals surface area (Å²) >= 11 is 12.7. The zero-order valence-corrected chi connectivity index (χ0v) is 34.5. The molecule has 0 spiro atoms. The van der Waals surface area contributed by atoms with E-state index < -0.39 is 29.7 Å². The molecule has 2 fully saturated rings. The Kier molecular flexibility index (Phi) is 12.9. The minimum absolute atomic E-state index is 0.0432. The number of fused-ring (bicyclic) bond motifs is 2. The van der Waals surface area contributed by atoms with Crippen LogP contribution in [-0.2, 0) is 14.4 Å². The molecular weight excluding hydrogens is 815 g/mol. The number of imide groups is 2. The summed E-state index contributed by atoms with van der Waals surface area (Å²) in [6.45, 7) is 4.24. The van der Waals surface area contributed by atoms with E-state index in [0.717, 1.165) is 31.0 Å². The van der Waals surface area contributed by atoms with Crippen LogP contribution in [0.15, 0.2) is 48.7 Å². The highest BCUT2D eigenvalue weighted by Crippen LogP contribution is 2.41. The number of benzene rings is 3. The van der Waals surface area contributed by atoms with Crippen molar-refractivity contribution in [3.63, 3.8) is 0 Å². The fourth-order valence-electron chi connectivity index (χ4n) is 7.58. The van der Waals surface area contributed by atoms with Gasteiger partial charge in [-0.15, -0.1) is 0 Å². The average Bonchev–Trinajstić information content (AvgIpc) is 3.50. The molecule has 312 valence electrons. The van der Waals surface area contributed by atoms with Gasteiger partial charge in [-0.2, -0.15) is 5.26 Å². The molecule has 3 aromatic carbocycles. The lowest BCUT2D eigenvalue weighted by Gasteiger charge is -2.34. The number of ether oxygens (including phenoxy) is 3. The predicted molar refractivity (Wildman–Crippen MR) is 223 cm³/mol. The number of methoxy groups -OCH3 is 2. The number of nitrogens with zero attached hydrogens (tertiary/aromatic N) is 5. The maximum atomic E-state index is 13.4. The summed E-state index contributed by atoms with van der Waals surface area (Å²) in [6.07, 6.45) is 3.16. The van der Waals surface area contributed by atoms with E-state index in [4.69, 9.17) is 37.4 Å². The number of anilines is 3. The molecular formula is C42H42Cl2N8O8. The van der Waals surface area contributed by atoms with Gasteiger partial charge in [-0.3, -0.25) is 44.1 Å². The number of hydrogen-bond donors (Lipinski definition) is 3. The molecule has 16 nitrogen and oxygen atoms in total. The Hall–Kier alpha value is -6.15. The van der Waals surface area contributed by atoms with Crippen molar-refractivity contribution < 1.29 is 38.2 Å². The number of piperazine rings is 1. The number of aromatic nitrogens is 1. The van der Waals surface area contributed by atoms with Crippen LogP contribution in [0.3, 0.4) is 0 Å². The van der Waals surface area contributed by atoms with Crippen molar-refractivity contribution >= 4 is 80.7 Å². The summed E-state index contributed by atoms with van der Waals surface area (Å²) in [5.41, 5.74) is 2.70. The smallest absolute Gasteiger partial charge is 0.264 e. The molecule has 0 saturated carbocycles. The van der Waals surface area contributed by atoms with Crippen molar-refractivity contribution in [3.8, 4) is 23.3 Å². The summed E-state index contributed by atoms with van der Waals surface area (Å²) in [6, 6.07) is 12.8. The van der Waals surface area contributed by atoms with E-state index in [2.05, 4.69) is 31.9 Å². The summed E-state index contributed by atoms with van der Waals surface area (Å²) in [5.74, 6) is -0.799. The SMILES string of the molecule is COc1cc(Nc2c(C#N)cnc3cc(OCCCN4CCN(C(=O)CCCNc5cccc6c5C(=O)N(C5CCC(=O)NC5=O)C6=O)CC4)c(OC)cc23)c(Cl)cc1Cl. The fourth-order valence-corrected chi connectivity index (χ4v) is 8.09. The second-order valence-electron chi connectivity index (χ2n) is 14.4. The first-order chi connectivity index (χ1) is 29.0. The number of amides is 5. The molecule has 0 bridgehead atoms. The Bertz CT molecular complexity index is 2420. The molecule has 4 heterocycles. The van der Waals surface area contributed by atoms with Gasteiger partial charge in [-0.1, -0.05) is 29.3 Å². The van der Waals surface area contributed by atoms with Gasteiger partial charge in [-0.05, 0) is 43.5 Å². The maximum Gasteiger partial charge on any atom is 0.264 e. The summed E-state index contributed by atoms with van der Waals surface area (Å²) in [4.78, 5) is 73.2. The van der Waals surface area contributed by atoms with E-state index in [-0.39, 0.29) is 29.9 Å². The van der Waals surface area contributed by atoms with Gasteiger partial charge in [0.1, 0.15) is 17.9 Å². The van der Waals surface area contributed by atoms with E-state index in [0.29, 0.717) is 99.9 Å². The van der Waals surface area contributed by atoms with Crippen LogP contribution in [0.4, 0.5) is 17.1 Å². The number of nitrogens with one attached hydrogen (secondary N) is 3. The van der Waals surface area contributed by atoms with Crippen LogP contribution >= 0.6 is 23.2 Å². The Morgan fingerprint density at radius 3 is 2.47 bits per heavy atom. The van der Waals surface area contributed by atoms with E-state index in [1.807, 2.05) is 4.90 Å². The van der Waals surface area contributed by atoms with E-state index >= 15 is 0 Å². The highest BCUT2D eigenvalue weighted by atomic mass is 35.5. The number of carbonyl (C=O) groups is 5. The van der Waals surface area contributed by atoms with Crippen molar-refractivity contribution in [3.05, 3.63) is 75.4 Å². The second-order valence-corrected chi connectivity index (χ2v) is 15.2. The van der Waals surface area contributed by atoms with Crippen molar-refractivity contribution in [2.75, 3.05) is 70.7 Å². The third-order valence-electron chi connectivity index (χ3n) is 10.7. The van der Waals surface area contributed by atoms with Crippen molar-refractivity contribution in [2.45, 2.75) is 38.1 Å². The van der Waals surface area contributed by atoms with Crippen LogP contribution in [0.25, 0.3) is 10.9 Å². The lowest BCUT2D eigenvalue weighted by atomic mass is 10.0. The van der Waals surface area contributed by atoms with Gasteiger partial charge in [0.15, 0.2) is 11.5 Å². The Labute approximate surface area is 355 Å². The molecule has 5 amide bonds. The van der Waals surface area contributed by atoms with Crippen LogP contribution in [0.2, 0.25) is 10.0 Å². The van der Waals surface area contributed by atoms with Gasteiger partial charge in [0.05, 0.1) is 64.5 Å². The Morgan fingerprint density at radius 1 is 0.950 bits per heavy atom. The molecule has 7 rings (SSSR count). The molecule has 3 N–H and O–H groups in total. The fraction of sp³-hybridized carbons (Fsp3) is 0.357. The minimum atomic E-state index is -1.04. The average molecular weight is 858 g/mol. The van der Waals surface area contributed by atoms with E-state index in [1.54, 1.807) is 49.6 Å². The molecule has 3 aliphatic rings. The molecule has 1 unspecified atom stereocenters. The maximum absolute atomic E-state index is 13.4. The first kappa shape index (κ1) is 42.0. The third kappa shape index (κ3) is 8.74. The number of nitriles is 1. The van der Waals surface area contributed by atoms with Crippen molar-refractivity contribution in [1.29, 1.82) is 5.26 Å². The first-order valence-electron chi connectivity index (χ1n) is 19.4. The largest absolute Gasteiger partial charge is 0.495 e. The van der Waals surface area contributed by atoms with Crippen LogP contribution in [0, 0.1) is 11.3 Å². The molecule has 18 heteroatoms. The zero-order chi connectivity index (χ0) is 42.5. The summed E-state index contributed by atoms with van der Waals surface area (Å²) in [7, 11) is 3.04. The molecule has 60 heavy (non-hydrogen) atoms. The molecule has 0 radical (unpaired) electrons. The highest BCUT2D eigenvalue weighted by Gasteiger charge is 2.45. The third-order valence-corrected chi connectivity index (χ3v) is 11.3. The normalized spacial score (nSPS) is 16.7. The molecule has 0 aliphatic carbocycles. The van der Waals surface area contributed by atoms with Crippen LogP contribution in [0.5, 0.6) is 17.2 Å². The van der Waals surface area contributed by atoms with Gasteiger partial charge in [0, 0.05) is 81.5 Å². The van der Waals surface area contributed by atoms with Crippen molar-refractivity contribution in [1.82, 2.24) is 25.0 Å². The number of rotatable bonds is 15. The van der Waals surface area contributed by atoms with Crippen LogP contribution in [0.1, 0.15) is 58.4 Å². The van der Waals surface area contributed by atoms with Gasteiger partial charge < -0.3 is 29.7 Å². The predicted octanol–water partition coefficient (Wildman–Crippen LogP) is 5.38. The molecule has 2 saturated heterocycles. The standard InChI is InChI=1S/C42H42Cl2N8O8/c1-58-33-21-31(27(43)19-28(33)44)48-39-24(22-45)23-47-30-20-35(34(59-2)18-26(30)39)60-17-5-12-50-13-15-51(16-14-50)37(54)8-4-11-46-29-7-3-6-25-38(29)42(57)52(41(25)56)32-9-10-36(53)49-40(32)55/h3,6-7,18-21,23,32,46H,4-5,8-17H2,1-2H3,(H,47,48)(H,49,53,55). The monoisotopic (exact) mass is 856 g/mol. The lowest BCUT2D eigenvalue weighted by molar-refractivity contribution is -0.136. The second kappa shape index (κ2) is 18.4. The number of carbonyl (C=O) groups excluding carboxylic acids is 5. The zero-order valence-electron chi connectivity index (χ0n) is 32.9. The minimum Gasteiger partial charge on any atom is -0.495 e. The van der Waals surface area contributed by atoms with Crippen LogP contribution < -0.4 is 30.2 Å². The first-order valence-corrected chi connectivity index (χ1v) is 20.2. The van der Waals surface area contributed by atoms with E-state index in [9.17, 15) is 29.2 Å². The summed E-state index contributed by atoms with van der Waals surface area (Å²) < 4.78 is 17.2. The highest BCUT2D eigenvalue weighted by molar-refractivity contribution is 6.37. The number of hydrogen-bond acceptors (Lipinski definition) is 13. The molecule has 1 aromatic heterocycles. The Morgan fingerprint density at radius 2 is 1.73 bits per heavy atom. The Balaban J connectivity index is 0.863. The quantitative estimate of drug-likeness (QED) is 0.102. The van der Waals surface area contributed by atoms with Gasteiger partial charge >= 0.3 is 0 Å². The topological polar surface area (TPSA) is 196 Å². The molecule has 4 aromatic rings. The van der Waals surface area contributed by atoms with Gasteiger partial charge in [-0.25, -0.2) is 0 Å². The summed E-state index contributed by atoms with van der Waals surface area (Å²) in [5, 5.41) is 19.9. The van der Waals surface area contributed by atoms with E-state index in [1.165, 1.54) is 13.3 Å². The number of halogens is 2. The van der Waals surface area contributed by atoms with Gasteiger partial charge in [0.25, 0.3) is 11.8 Å². The molecule has 1 atom stereocenters. The molecule has 3 aliphatic heterocycles. The number of pyridine rings is 1. The van der Waals surface area contributed by atoms with Crippen molar-refractivity contribution in [2.24, 2.45) is 0 Å². The lowest BCUT2D eigenvalue weighted by Crippen LogP contribution is -2.54. The van der Waals surface area contributed by atoms with Gasteiger partial charge in [0.2, 0.25) is 17.7 Å².